The number of carbonyl (C=O) groups excluding carboxylic acids is 2. The number of fused-ring (bicyclic) bond motifs is 1. The average molecular weight is 407 g/mol. The summed E-state index contributed by atoms with van der Waals surface area (Å²) < 4.78 is 5.85. The number of hydrogen-bond donors (Lipinski definition) is 1. The molecule has 1 atom stereocenters. The second-order valence-electron chi connectivity index (χ2n) is 6.69. The molecule has 1 aromatic carbocycles. The van der Waals surface area contributed by atoms with Gasteiger partial charge >= 0.3 is 0 Å². The highest BCUT2D eigenvalue weighted by molar-refractivity contribution is 7.18. The summed E-state index contributed by atoms with van der Waals surface area (Å²) in [5.74, 6) is -0.767. The van der Waals surface area contributed by atoms with E-state index in [1.54, 1.807) is 35.2 Å². The highest BCUT2D eigenvalue weighted by Gasteiger charge is 2.51. The van der Waals surface area contributed by atoms with Crippen molar-refractivity contribution in [3.8, 4) is 0 Å². The molecule has 142 valence electrons. The van der Waals surface area contributed by atoms with E-state index in [2.05, 4.69) is 4.90 Å². The third-order valence-electron chi connectivity index (χ3n) is 4.95. The number of ketones is 1. The summed E-state index contributed by atoms with van der Waals surface area (Å²) in [6.45, 7) is 3.03. The van der Waals surface area contributed by atoms with E-state index in [1.807, 2.05) is 6.07 Å². The zero-order valence-corrected chi connectivity index (χ0v) is 16.1. The molecule has 0 spiro atoms. The summed E-state index contributed by atoms with van der Waals surface area (Å²) in [7, 11) is 0. The van der Waals surface area contributed by atoms with Crippen molar-refractivity contribution >= 4 is 40.3 Å². The van der Waals surface area contributed by atoms with Gasteiger partial charge in [-0.25, -0.2) is 0 Å². The van der Waals surface area contributed by atoms with Crippen molar-refractivity contribution in [2.75, 3.05) is 37.9 Å². The largest absolute Gasteiger partial charge is 0.379 e. The van der Waals surface area contributed by atoms with Crippen LogP contribution >= 0.6 is 22.9 Å². The molecule has 3 heterocycles. The third-order valence-corrected chi connectivity index (χ3v) is 6.22. The predicted molar refractivity (Wildman–Crippen MR) is 103 cm³/mol. The van der Waals surface area contributed by atoms with Crippen LogP contribution in [0.4, 0.5) is 5.69 Å². The number of halogens is 1. The zero-order valence-electron chi connectivity index (χ0n) is 14.6. The van der Waals surface area contributed by atoms with Gasteiger partial charge in [-0.15, -0.1) is 11.3 Å². The van der Waals surface area contributed by atoms with Gasteiger partial charge in [-0.3, -0.25) is 19.4 Å². The third kappa shape index (κ3) is 3.41. The molecule has 2 aliphatic rings. The first-order valence-corrected chi connectivity index (χ1v) is 9.91. The average Bonchev–Trinajstić information content (AvgIpc) is 3.20. The van der Waals surface area contributed by atoms with E-state index in [0.717, 1.165) is 24.4 Å². The molecule has 1 fully saturated rings. The highest BCUT2D eigenvalue weighted by Crippen LogP contribution is 2.43. The molecule has 8 heteroatoms. The fourth-order valence-electron chi connectivity index (χ4n) is 3.54. The fourth-order valence-corrected chi connectivity index (χ4v) is 4.52. The molecule has 0 radical (unpaired) electrons. The number of carbonyl (C=O) groups is 2. The number of hydrogen-bond acceptors (Lipinski definition) is 6. The van der Waals surface area contributed by atoms with Gasteiger partial charge in [0.15, 0.2) is 11.4 Å². The maximum Gasteiger partial charge on any atom is 0.265 e. The number of thiophene rings is 1. The minimum absolute atomic E-state index is 0.300. The van der Waals surface area contributed by atoms with E-state index in [0.29, 0.717) is 40.3 Å². The van der Waals surface area contributed by atoms with Crippen LogP contribution in [-0.2, 0) is 15.1 Å². The Morgan fingerprint density at radius 3 is 2.67 bits per heavy atom. The molecular weight excluding hydrogens is 388 g/mol. The van der Waals surface area contributed by atoms with Crippen molar-refractivity contribution in [1.82, 2.24) is 4.90 Å². The molecule has 0 saturated carbocycles. The molecule has 1 saturated heterocycles. The van der Waals surface area contributed by atoms with Crippen molar-refractivity contribution < 1.29 is 19.4 Å². The first-order chi connectivity index (χ1) is 13.0. The molecule has 27 heavy (non-hydrogen) atoms. The quantitative estimate of drug-likeness (QED) is 0.772. The van der Waals surface area contributed by atoms with Crippen molar-refractivity contribution in [2.45, 2.75) is 12.0 Å². The number of nitrogens with zero attached hydrogens (tertiary/aromatic N) is 2. The van der Waals surface area contributed by atoms with Gasteiger partial charge in [-0.05, 0) is 18.2 Å². The molecule has 1 N–H and O–H groups in total. The number of para-hydroxylation sites is 1. The number of rotatable bonds is 5. The Morgan fingerprint density at radius 2 is 1.96 bits per heavy atom. The molecule has 0 aliphatic carbocycles. The first-order valence-electron chi connectivity index (χ1n) is 8.71. The Labute approximate surface area is 165 Å². The number of morpholine rings is 1. The Morgan fingerprint density at radius 1 is 1.22 bits per heavy atom. The monoisotopic (exact) mass is 406 g/mol. The lowest BCUT2D eigenvalue weighted by Crippen LogP contribution is -2.49. The van der Waals surface area contributed by atoms with Crippen LogP contribution in [0.2, 0.25) is 4.34 Å². The molecule has 6 nitrogen and oxygen atoms in total. The lowest BCUT2D eigenvalue weighted by Gasteiger charge is -2.31. The molecular formula is C19H19ClN2O4S. The van der Waals surface area contributed by atoms with Crippen LogP contribution in [0.1, 0.15) is 21.7 Å². The first kappa shape index (κ1) is 18.6. The van der Waals surface area contributed by atoms with Crippen LogP contribution in [0.3, 0.4) is 0 Å². The summed E-state index contributed by atoms with van der Waals surface area (Å²) in [5.41, 5.74) is -0.746. The van der Waals surface area contributed by atoms with Crippen LogP contribution < -0.4 is 4.90 Å². The number of Topliss-reactive ketones (excluding diaryl/α,β-unsaturated/α-hetero) is 1. The Kier molecular flexibility index (Phi) is 5.05. The standard InChI is InChI=1S/C19H19ClN2O4S/c20-17-6-5-16(27-17)15(23)11-19(25)13-3-1-2-4-14(13)22(18(19)24)12-21-7-9-26-10-8-21/h1-6,25H,7-12H2/t19-/m1/s1. The molecule has 2 aromatic rings. The van der Waals surface area contributed by atoms with Crippen LogP contribution in [0.25, 0.3) is 0 Å². The predicted octanol–water partition coefficient (Wildman–Crippen LogP) is 2.50. The van der Waals surface area contributed by atoms with E-state index < -0.39 is 11.5 Å². The van der Waals surface area contributed by atoms with E-state index >= 15 is 0 Å². The normalized spacial score (nSPS) is 22.9. The zero-order chi connectivity index (χ0) is 19.0. The number of anilines is 1. The lowest BCUT2D eigenvalue weighted by atomic mass is 9.89. The highest BCUT2D eigenvalue weighted by atomic mass is 35.5. The van der Waals surface area contributed by atoms with Crippen LogP contribution in [0, 0.1) is 0 Å². The minimum atomic E-state index is -1.86. The number of ether oxygens (including phenoxy) is 1. The van der Waals surface area contributed by atoms with Gasteiger partial charge in [0.05, 0.1) is 41.2 Å². The molecule has 1 amide bonds. The van der Waals surface area contributed by atoms with Gasteiger partial charge in [0.25, 0.3) is 5.91 Å². The van der Waals surface area contributed by atoms with Gasteiger partial charge in [0.1, 0.15) is 0 Å². The molecule has 0 unspecified atom stereocenters. The van der Waals surface area contributed by atoms with E-state index in [1.165, 1.54) is 0 Å². The summed E-state index contributed by atoms with van der Waals surface area (Å²) >= 11 is 7.06. The Hall–Kier alpha value is -1.77. The van der Waals surface area contributed by atoms with Gasteiger partial charge < -0.3 is 9.84 Å². The summed E-state index contributed by atoms with van der Waals surface area (Å²) in [6.07, 6.45) is -0.306. The topological polar surface area (TPSA) is 70.1 Å². The number of benzene rings is 1. The smallest absolute Gasteiger partial charge is 0.265 e. The SMILES string of the molecule is O=C(C[C@]1(O)C(=O)N(CN2CCOCC2)c2ccccc21)c1ccc(Cl)s1. The van der Waals surface area contributed by atoms with E-state index in [9.17, 15) is 14.7 Å². The van der Waals surface area contributed by atoms with E-state index in [-0.39, 0.29) is 12.2 Å². The second kappa shape index (κ2) is 7.33. The number of amides is 1. The van der Waals surface area contributed by atoms with Gasteiger partial charge in [-0.1, -0.05) is 29.8 Å². The molecule has 4 rings (SSSR count). The van der Waals surface area contributed by atoms with Crippen LogP contribution in [0.15, 0.2) is 36.4 Å². The maximum absolute atomic E-state index is 13.2. The summed E-state index contributed by atoms with van der Waals surface area (Å²) in [6, 6.07) is 10.4. The Bertz CT molecular complexity index is 880. The molecule has 2 aliphatic heterocycles. The van der Waals surface area contributed by atoms with Crippen molar-refractivity contribution in [3.63, 3.8) is 0 Å². The van der Waals surface area contributed by atoms with Crippen LogP contribution in [-0.4, -0.2) is 54.7 Å². The van der Waals surface area contributed by atoms with Crippen molar-refractivity contribution in [1.29, 1.82) is 0 Å². The Balaban J connectivity index is 1.62. The van der Waals surface area contributed by atoms with Crippen molar-refractivity contribution in [2.24, 2.45) is 0 Å². The molecule has 1 aromatic heterocycles. The fraction of sp³-hybridized carbons (Fsp3) is 0.368. The number of aliphatic hydroxyl groups is 1. The van der Waals surface area contributed by atoms with Gasteiger partial charge in [0.2, 0.25) is 0 Å². The van der Waals surface area contributed by atoms with E-state index in [4.69, 9.17) is 16.3 Å². The van der Waals surface area contributed by atoms with Gasteiger partial charge in [-0.2, -0.15) is 0 Å². The lowest BCUT2D eigenvalue weighted by molar-refractivity contribution is -0.136. The van der Waals surface area contributed by atoms with Crippen molar-refractivity contribution in [3.05, 3.63) is 51.2 Å². The maximum atomic E-state index is 13.2. The van der Waals surface area contributed by atoms with Gasteiger partial charge in [0, 0.05) is 18.7 Å². The second-order valence-corrected chi connectivity index (χ2v) is 8.40. The minimum Gasteiger partial charge on any atom is -0.379 e. The molecule has 0 bridgehead atoms. The van der Waals surface area contributed by atoms with Crippen LogP contribution in [0.5, 0.6) is 0 Å². The summed E-state index contributed by atoms with van der Waals surface area (Å²) in [4.78, 5) is 29.9. The summed E-state index contributed by atoms with van der Waals surface area (Å²) in [5, 5.41) is 11.3.